The first kappa shape index (κ1) is 23.1. The molecule has 3 rings (SSSR count). The van der Waals surface area contributed by atoms with Crippen molar-refractivity contribution in [2.75, 3.05) is 32.8 Å². The SMILES string of the molecule is CCN(CC)c1ccc(NS(=O)(=O)c2ccc(N3C(=O)C(C)CS3(=O)=O)cc2C)cc1. The Morgan fingerprint density at radius 3 is 2.19 bits per heavy atom. The molecule has 10 heteroatoms. The summed E-state index contributed by atoms with van der Waals surface area (Å²) in [7, 11) is -7.65. The molecule has 0 aromatic heterocycles. The maximum Gasteiger partial charge on any atom is 0.262 e. The van der Waals surface area contributed by atoms with Crippen LogP contribution in [0, 0.1) is 12.8 Å². The summed E-state index contributed by atoms with van der Waals surface area (Å²) in [4.78, 5) is 14.5. The van der Waals surface area contributed by atoms with Gasteiger partial charge in [0.25, 0.3) is 10.0 Å². The number of benzene rings is 2. The maximum absolute atomic E-state index is 12.9. The van der Waals surface area contributed by atoms with Crippen molar-refractivity contribution in [3.05, 3.63) is 48.0 Å². The molecular formula is C21H27N3O5S2. The summed E-state index contributed by atoms with van der Waals surface area (Å²) in [5, 5.41) is 0. The molecule has 8 nitrogen and oxygen atoms in total. The van der Waals surface area contributed by atoms with Gasteiger partial charge in [-0.1, -0.05) is 6.92 Å². The fraction of sp³-hybridized carbons (Fsp3) is 0.381. The van der Waals surface area contributed by atoms with E-state index in [1.807, 2.05) is 26.0 Å². The highest BCUT2D eigenvalue weighted by molar-refractivity contribution is 7.94. The van der Waals surface area contributed by atoms with Crippen LogP contribution in [0.5, 0.6) is 0 Å². The van der Waals surface area contributed by atoms with E-state index < -0.39 is 31.9 Å². The normalized spacial score (nSPS) is 18.3. The summed E-state index contributed by atoms with van der Waals surface area (Å²) < 4.78 is 53.8. The molecule has 1 amide bonds. The third kappa shape index (κ3) is 4.54. The lowest BCUT2D eigenvalue weighted by Crippen LogP contribution is -2.30. The van der Waals surface area contributed by atoms with Crippen molar-refractivity contribution in [1.82, 2.24) is 0 Å². The molecule has 1 aliphatic rings. The molecule has 0 saturated carbocycles. The first-order valence-corrected chi connectivity index (χ1v) is 13.1. The van der Waals surface area contributed by atoms with Crippen molar-refractivity contribution in [2.24, 2.45) is 5.92 Å². The quantitative estimate of drug-likeness (QED) is 0.674. The summed E-state index contributed by atoms with van der Waals surface area (Å²) >= 11 is 0. The fourth-order valence-corrected chi connectivity index (χ4v) is 6.79. The van der Waals surface area contributed by atoms with E-state index in [0.717, 1.165) is 23.1 Å². The number of anilines is 3. The number of hydrogen-bond donors (Lipinski definition) is 1. The highest BCUT2D eigenvalue weighted by Crippen LogP contribution is 2.31. The van der Waals surface area contributed by atoms with Gasteiger partial charge in [0.15, 0.2) is 0 Å². The number of sulfonamides is 2. The second kappa shape index (κ2) is 8.51. The van der Waals surface area contributed by atoms with Gasteiger partial charge >= 0.3 is 0 Å². The lowest BCUT2D eigenvalue weighted by molar-refractivity contribution is -0.119. The maximum atomic E-state index is 12.9. The minimum Gasteiger partial charge on any atom is -0.372 e. The van der Waals surface area contributed by atoms with Crippen LogP contribution < -0.4 is 13.9 Å². The lowest BCUT2D eigenvalue weighted by atomic mass is 10.2. The lowest BCUT2D eigenvalue weighted by Gasteiger charge is -2.21. The van der Waals surface area contributed by atoms with Crippen LogP contribution in [0.3, 0.4) is 0 Å². The third-order valence-electron chi connectivity index (χ3n) is 5.29. The second-order valence-electron chi connectivity index (χ2n) is 7.56. The Labute approximate surface area is 184 Å². The largest absolute Gasteiger partial charge is 0.372 e. The van der Waals surface area contributed by atoms with Gasteiger partial charge in [-0.15, -0.1) is 0 Å². The van der Waals surface area contributed by atoms with Crippen LogP contribution in [-0.2, 0) is 24.8 Å². The topological polar surface area (TPSA) is 104 Å². The van der Waals surface area contributed by atoms with Crippen molar-refractivity contribution < 1.29 is 21.6 Å². The molecule has 1 N–H and O–H groups in total. The van der Waals surface area contributed by atoms with E-state index in [2.05, 4.69) is 9.62 Å². The summed E-state index contributed by atoms with van der Waals surface area (Å²) in [6.07, 6.45) is 0. The van der Waals surface area contributed by atoms with Crippen LogP contribution in [0.2, 0.25) is 0 Å². The van der Waals surface area contributed by atoms with Crippen molar-refractivity contribution in [1.29, 1.82) is 0 Å². The van der Waals surface area contributed by atoms with Crippen LogP contribution in [0.4, 0.5) is 17.1 Å². The molecule has 168 valence electrons. The van der Waals surface area contributed by atoms with E-state index in [1.54, 1.807) is 26.0 Å². The number of amides is 1. The number of carbonyl (C=O) groups is 1. The van der Waals surface area contributed by atoms with Gasteiger partial charge in [0, 0.05) is 24.5 Å². The molecule has 1 heterocycles. The molecule has 0 bridgehead atoms. The van der Waals surface area contributed by atoms with E-state index in [0.29, 0.717) is 11.3 Å². The number of rotatable bonds is 7. The van der Waals surface area contributed by atoms with Crippen molar-refractivity contribution in [3.8, 4) is 0 Å². The van der Waals surface area contributed by atoms with Crippen LogP contribution in [0.1, 0.15) is 26.3 Å². The Bertz CT molecular complexity index is 1190. The Hall–Kier alpha value is -2.59. The molecule has 1 fully saturated rings. The van der Waals surface area contributed by atoms with Gasteiger partial charge in [-0.2, -0.15) is 0 Å². The van der Waals surface area contributed by atoms with Crippen LogP contribution in [0.25, 0.3) is 0 Å². The Balaban J connectivity index is 1.86. The predicted molar refractivity (Wildman–Crippen MR) is 122 cm³/mol. The number of hydrogen-bond acceptors (Lipinski definition) is 6. The van der Waals surface area contributed by atoms with Gasteiger partial charge in [0.2, 0.25) is 15.9 Å². The van der Waals surface area contributed by atoms with E-state index in [1.165, 1.54) is 18.2 Å². The van der Waals surface area contributed by atoms with Gasteiger partial charge in [-0.05, 0) is 68.8 Å². The third-order valence-corrected chi connectivity index (χ3v) is 8.70. The van der Waals surface area contributed by atoms with Gasteiger partial charge in [0.05, 0.1) is 22.3 Å². The minimum absolute atomic E-state index is 0.0150. The van der Waals surface area contributed by atoms with Crippen molar-refractivity contribution >= 4 is 43.0 Å². The second-order valence-corrected chi connectivity index (χ2v) is 11.1. The van der Waals surface area contributed by atoms with Gasteiger partial charge < -0.3 is 4.90 Å². The van der Waals surface area contributed by atoms with Crippen LogP contribution >= 0.6 is 0 Å². The summed E-state index contributed by atoms with van der Waals surface area (Å²) in [5.41, 5.74) is 1.91. The smallest absolute Gasteiger partial charge is 0.262 e. The molecule has 2 aromatic carbocycles. The molecule has 1 aliphatic heterocycles. The van der Waals surface area contributed by atoms with E-state index in [-0.39, 0.29) is 16.3 Å². The predicted octanol–water partition coefficient (Wildman–Crippen LogP) is 2.95. The fourth-order valence-electron chi connectivity index (χ4n) is 3.69. The van der Waals surface area contributed by atoms with Crippen molar-refractivity contribution in [3.63, 3.8) is 0 Å². The molecule has 0 aliphatic carbocycles. The van der Waals surface area contributed by atoms with Gasteiger partial charge in [-0.25, -0.2) is 21.1 Å². The molecule has 0 radical (unpaired) electrons. The molecule has 2 aromatic rings. The van der Waals surface area contributed by atoms with Crippen LogP contribution in [0.15, 0.2) is 47.4 Å². The summed E-state index contributed by atoms with van der Waals surface area (Å²) in [6.45, 7) is 8.92. The summed E-state index contributed by atoms with van der Waals surface area (Å²) in [6, 6.07) is 11.2. The van der Waals surface area contributed by atoms with E-state index >= 15 is 0 Å². The average molecular weight is 466 g/mol. The van der Waals surface area contributed by atoms with E-state index in [4.69, 9.17) is 0 Å². The van der Waals surface area contributed by atoms with E-state index in [9.17, 15) is 21.6 Å². The zero-order valence-electron chi connectivity index (χ0n) is 18.0. The highest BCUT2D eigenvalue weighted by Gasteiger charge is 2.42. The number of nitrogens with one attached hydrogen (secondary N) is 1. The summed E-state index contributed by atoms with van der Waals surface area (Å²) in [5.74, 6) is -1.40. The molecule has 1 unspecified atom stereocenters. The first-order valence-electron chi connectivity index (χ1n) is 10.1. The molecule has 0 spiro atoms. The van der Waals surface area contributed by atoms with Crippen LogP contribution in [-0.4, -0.2) is 41.6 Å². The first-order chi connectivity index (χ1) is 14.5. The molecule has 31 heavy (non-hydrogen) atoms. The number of nitrogens with zero attached hydrogens (tertiary/aromatic N) is 2. The standard InChI is InChI=1S/C21H27N3O5S2/c1-5-23(6-2)18-9-7-17(8-10-18)22-31(28,29)20-12-11-19(13-15(20)3)24-21(25)16(4)14-30(24,26)27/h7-13,16,22H,5-6,14H2,1-4H3. The zero-order chi connectivity index (χ0) is 23.0. The van der Waals surface area contributed by atoms with Gasteiger partial charge in [0.1, 0.15) is 0 Å². The minimum atomic E-state index is -3.90. The molecule has 1 atom stereocenters. The Morgan fingerprint density at radius 2 is 1.71 bits per heavy atom. The average Bonchev–Trinajstić information content (AvgIpc) is 2.90. The van der Waals surface area contributed by atoms with Gasteiger partial charge in [-0.3, -0.25) is 9.52 Å². The molecule has 1 saturated heterocycles. The number of carbonyl (C=O) groups excluding carboxylic acids is 1. The van der Waals surface area contributed by atoms with Crippen molar-refractivity contribution in [2.45, 2.75) is 32.6 Å². The number of aryl methyl sites for hydroxylation is 1. The zero-order valence-corrected chi connectivity index (χ0v) is 19.6. The Kier molecular flexibility index (Phi) is 6.33. The monoisotopic (exact) mass is 465 g/mol. The highest BCUT2D eigenvalue weighted by atomic mass is 32.2. The molecular weight excluding hydrogens is 438 g/mol. The Morgan fingerprint density at radius 1 is 1.10 bits per heavy atom.